The third-order valence-corrected chi connectivity index (χ3v) is 15.3. The number of fused-ring (bicyclic) bond motifs is 5. The first-order chi connectivity index (χ1) is 18.9. The fourth-order valence-electron chi connectivity index (χ4n) is 10.1. The third kappa shape index (κ3) is 7.18. The Morgan fingerprint density at radius 1 is 0.738 bits per heavy atom. The molecule has 4 aliphatic carbocycles. The van der Waals surface area contributed by atoms with Gasteiger partial charge in [-0.1, -0.05) is 13.8 Å². The van der Waals surface area contributed by atoms with Crippen LogP contribution in [0, 0.1) is 34.5 Å². The molecule has 4 unspecified atom stereocenters. The Kier molecular flexibility index (Phi) is 9.70. The second-order valence-corrected chi connectivity index (χ2v) is 36.9. The zero-order valence-electron chi connectivity index (χ0n) is 29.9. The van der Waals surface area contributed by atoms with E-state index in [1.54, 1.807) is 0 Å². The van der Waals surface area contributed by atoms with Crippen LogP contribution in [0.15, 0.2) is 0 Å². The van der Waals surface area contributed by atoms with Gasteiger partial charge < -0.3 is 17.7 Å². The fourth-order valence-corrected chi connectivity index (χ4v) is 14.5. The number of ketones is 1. The quantitative estimate of drug-likeness (QED) is 0.220. The average Bonchev–Trinajstić information content (AvgIpc) is 3.06. The molecule has 4 rings (SSSR count). The predicted octanol–water partition coefficient (Wildman–Crippen LogP) is 9.09. The van der Waals surface area contributed by atoms with E-state index < -0.39 is 38.9 Å². The molecule has 244 valence electrons. The van der Waals surface area contributed by atoms with E-state index in [1.807, 2.05) is 0 Å². The van der Waals surface area contributed by atoms with E-state index in [0.717, 1.165) is 19.3 Å². The molecule has 4 saturated carbocycles. The Labute approximate surface area is 263 Å². The van der Waals surface area contributed by atoms with Gasteiger partial charge in [-0.15, -0.1) is 0 Å². The van der Waals surface area contributed by atoms with E-state index in [-0.39, 0.29) is 29.3 Å². The van der Waals surface area contributed by atoms with E-state index in [1.165, 1.54) is 32.1 Å². The van der Waals surface area contributed by atoms with Crippen molar-refractivity contribution in [3.63, 3.8) is 0 Å². The first-order valence-electron chi connectivity index (χ1n) is 17.1. The van der Waals surface area contributed by atoms with Crippen LogP contribution >= 0.6 is 0 Å². The van der Waals surface area contributed by atoms with Gasteiger partial charge in [0.05, 0.1) is 6.61 Å². The Hall–Kier alpha value is 0.378. The van der Waals surface area contributed by atoms with E-state index in [0.29, 0.717) is 29.8 Å². The van der Waals surface area contributed by atoms with Crippen LogP contribution in [0.25, 0.3) is 0 Å². The summed E-state index contributed by atoms with van der Waals surface area (Å²) in [5.74, 6) is 2.52. The molecule has 9 atom stereocenters. The van der Waals surface area contributed by atoms with Gasteiger partial charge >= 0.3 is 0 Å². The van der Waals surface area contributed by atoms with Crippen LogP contribution in [0.3, 0.4) is 0 Å². The smallest absolute Gasteiger partial charge is 0.188 e. The molecule has 9 heteroatoms. The normalized spacial score (nSPS) is 41.2. The molecule has 0 aromatic rings. The van der Waals surface area contributed by atoms with Crippen molar-refractivity contribution in [2.75, 3.05) is 6.61 Å². The van der Waals surface area contributed by atoms with Gasteiger partial charge in [0.15, 0.2) is 39.1 Å². The molecule has 0 aliphatic heterocycles. The van der Waals surface area contributed by atoms with Crippen molar-refractivity contribution in [1.82, 2.24) is 0 Å². The molecular weight excluding hydrogens is 589 g/mol. The highest BCUT2D eigenvalue weighted by Crippen LogP contribution is 2.70. The Morgan fingerprint density at radius 2 is 1.36 bits per heavy atom. The first-order valence-corrected chi connectivity index (χ1v) is 30.8. The van der Waals surface area contributed by atoms with Crippen LogP contribution in [-0.4, -0.2) is 63.5 Å². The van der Waals surface area contributed by atoms with Crippen molar-refractivity contribution < 1.29 is 22.5 Å². The summed E-state index contributed by atoms with van der Waals surface area (Å²) in [5.41, 5.74) is -0.738. The van der Waals surface area contributed by atoms with E-state index >= 15 is 0 Å². The molecule has 0 aromatic heterocycles. The molecule has 0 bridgehead atoms. The first kappa shape index (κ1) is 35.2. The summed E-state index contributed by atoms with van der Waals surface area (Å²) in [7, 11) is -7.31. The van der Waals surface area contributed by atoms with Gasteiger partial charge in [0.1, 0.15) is 5.60 Å². The molecule has 42 heavy (non-hydrogen) atoms. The topological polar surface area (TPSA) is 54.0 Å². The molecular formula is C33H66O5Si4. The monoisotopic (exact) mass is 654 g/mol. The molecule has 4 fully saturated rings. The molecule has 5 nitrogen and oxygen atoms in total. The molecule has 0 spiro atoms. The SMILES string of the molecule is C[C@]12CC[C@@H](O[Si](C)(C)C)CC1CCC1C2[C@@H](O[Si](C)(C)C)C[C@@]2(C)C1CC[C@]2(O[Si](C)(C)C)C(=O)CO[Si](C)(C)C. The van der Waals surface area contributed by atoms with Crippen molar-refractivity contribution in [1.29, 1.82) is 0 Å². The van der Waals surface area contributed by atoms with E-state index in [2.05, 4.69) is 92.4 Å². The number of Topliss-reactive ketones (excluding diaryl/α,β-unsaturated/α-hetero) is 1. The lowest BCUT2D eigenvalue weighted by Crippen LogP contribution is -2.66. The second-order valence-electron chi connectivity index (χ2n) is 19.0. The number of carbonyl (C=O) groups excluding carboxylic acids is 1. The largest absolute Gasteiger partial charge is 0.415 e. The van der Waals surface area contributed by atoms with Gasteiger partial charge in [-0.2, -0.15) is 0 Å². The summed E-state index contributed by atoms with van der Waals surface area (Å²) in [4.78, 5) is 14.5. The van der Waals surface area contributed by atoms with Crippen molar-refractivity contribution >= 4 is 39.1 Å². The molecule has 0 N–H and O–H groups in total. The highest BCUT2D eigenvalue weighted by molar-refractivity contribution is 6.71. The van der Waals surface area contributed by atoms with Gasteiger partial charge in [-0.05, 0) is 159 Å². The van der Waals surface area contributed by atoms with Crippen LogP contribution in [0.1, 0.15) is 65.2 Å². The van der Waals surface area contributed by atoms with Gasteiger partial charge in [-0.25, -0.2) is 0 Å². The maximum absolute atomic E-state index is 14.5. The minimum absolute atomic E-state index is 0.179. The summed E-state index contributed by atoms with van der Waals surface area (Å²) in [6, 6.07) is 0. The van der Waals surface area contributed by atoms with Crippen LogP contribution < -0.4 is 0 Å². The average molecular weight is 655 g/mol. The Bertz CT molecular complexity index is 994. The molecule has 0 amide bonds. The lowest BCUT2D eigenvalue weighted by Gasteiger charge is -2.65. The van der Waals surface area contributed by atoms with E-state index in [4.69, 9.17) is 17.7 Å². The molecule has 4 aliphatic rings. The highest BCUT2D eigenvalue weighted by Gasteiger charge is 2.70. The maximum atomic E-state index is 14.5. The Morgan fingerprint density at radius 3 is 1.90 bits per heavy atom. The van der Waals surface area contributed by atoms with Crippen molar-refractivity contribution in [3.8, 4) is 0 Å². The minimum atomic E-state index is -2.05. The highest BCUT2D eigenvalue weighted by atomic mass is 28.4. The van der Waals surface area contributed by atoms with Gasteiger partial charge in [-0.3, -0.25) is 4.79 Å². The summed E-state index contributed by atoms with van der Waals surface area (Å²) in [6.45, 7) is 32.6. The zero-order valence-corrected chi connectivity index (χ0v) is 33.9. The Balaban J connectivity index is 1.73. The van der Waals surface area contributed by atoms with Crippen LogP contribution in [0.5, 0.6) is 0 Å². The lowest BCUT2D eigenvalue weighted by molar-refractivity contribution is -0.195. The molecule has 0 saturated heterocycles. The van der Waals surface area contributed by atoms with Crippen LogP contribution in [0.2, 0.25) is 78.6 Å². The molecule has 0 aromatic carbocycles. The lowest BCUT2D eigenvalue weighted by atomic mass is 9.43. The van der Waals surface area contributed by atoms with E-state index in [9.17, 15) is 4.79 Å². The summed E-state index contributed by atoms with van der Waals surface area (Å²) < 4.78 is 27.5. The number of carbonyl (C=O) groups is 1. The standard InChI is InChI=1S/C33H66O5Si4/c1-31-19-17-25(36-40(6,7)8)21-24(31)15-16-26-27-18-20-33(38-42(12,13)14,29(34)23-35-39(3,4)5)32(27,2)22-28(30(26)31)37-41(9,10)11/h24-28,30H,15-23H2,1-14H3/t24?,25-,26?,27?,28+,30?,31+,32+,33+/m1/s1. The zero-order chi connectivity index (χ0) is 31.7. The van der Waals surface area contributed by atoms with Crippen LogP contribution in [0.4, 0.5) is 0 Å². The van der Waals surface area contributed by atoms with Crippen molar-refractivity contribution in [3.05, 3.63) is 0 Å². The van der Waals surface area contributed by atoms with Crippen molar-refractivity contribution in [2.24, 2.45) is 34.5 Å². The number of hydrogen-bond acceptors (Lipinski definition) is 5. The maximum Gasteiger partial charge on any atom is 0.188 e. The summed E-state index contributed by atoms with van der Waals surface area (Å²) >= 11 is 0. The van der Waals surface area contributed by atoms with Gasteiger partial charge in [0.2, 0.25) is 0 Å². The number of hydrogen-bond donors (Lipinski definition) is 0. The number of rotatable bonds is 10. The van der Waals surface area contributed by atoms with Gasteiger partial charge in [0.25, 0.3) is 0 Å². The molecule has 0 heterocycles. The summed E-state index contributed by atoms with van der Waals surface area (Å²) in [5, 5.41) is 0. The second kappa shape index (κ2) is 11.6. The fraction of sp³-hybridized carbons (Fsp3) is 0.970. The summed E-state index contributed by atoms with van der Waals surface area (Å²) in [6.07, 6.45) is 9.61. The predicted molar refractivity (Wildman–Crippen MR) is 185 cm³/mol. The van der Waals surface area contributed by atoms with Crippen LogP contribution in [-0.2, 0) is 22.5 Å². The minimum Gasteiger partial charge on any atom is -0.415 e. The molecule has 0 radical (unpaired) electrons. The third-order valence-electron chi connectivity index (χ3n) is 11.2. The van der Waals surface area contributed by atoms with Crippen molar-refractivity contribution in [2.45, 2.75) is 162 Å². The van der Waals surface area contributed by atoms with Gasteiger partial charge in [0, 0.05) is 17.6 Å².